The van der Waals surface area contributed by atoms with Crippen LogP contribution in [0.4, 0.5) is 0 Å². The molecule has 3 fully saturated rings. The van der Waals surface area contributed by atoms with Crippen molar-refractivity contribution in [1.82, 2.24) is 4.90 Å². The highest BCUT2D eigenvalue weighted by molar-refractivity contribution is 5.89. The van der Waals surface area contributed by atoms with E-state index in [0.29, 0.717) is 39.1 Å². The van der Waals surface area contributed by atoms with Gasteiger partial charge in [0.15, 0.2) is 0 Å². The van der Waals surface area contributed by atoms with Crippen LogP contribution in [0, 0.1) is 10.8 Å². The third kappa shape index (κ3) is 2.98. The summed E-state index contributed by atoms with van der Waals surface area (Å²) in [6.07, 6.45) is 2.73. The zero-order chi connectivity index (χ0) is 18.5. The van der Waals surface area contributed by atoms with Crippen molar-refractivity contribution in [3.05, 3.63) is 0 Å². The number of carbonyl (C=O) groups excluding carboxylic acids is 1. The molecular formula is C19H35ClN2O4. The number of carbonyl (C=O) groups is 1. The lowest BCUT2D eigenvalue weighted by molar-refractivity contribution is -0.214. The third-order valence-corrected chi connectivity index (χ3v) is 7.30. The van der Waals surface area contributed by atoms with Gasteiger partial charge in [0.05, 0.1) is 18.3 Å². The summed E-state index contributed by atoms with van der Waals surface area (Å²) < 4.78 is 11.5. The van der Waals surface area contributed by atoms with Crippen molar-refractivity contribution >= 4 is 18.3 Å². The molecule has 1 heterocycles. The lowest BCUT2D eigenvalue weighted by atomic mass is 9.53. The van der Waals surface area contributed by atoms with Gasteiger partial charge in [0.2, 0.25) is 5.91 Å². The van der Waals surface area contributed by atoms with E-state index in [1.54, 1.807) is 0 Å². The molecule has 1 spiro atoms. The maximum Gasteiger partial charge on any atom is 0.243 e. The molecule has 2 saturated carbocycles. The number of amides is 1. The molecule has 1 aliphatic heterocycles. The molecule has 0 radical (unpaired) electrons. The van der Waals surface area contributed by atoms with E-state index in [-0.39, 0.29) is 47.5 Å². The molecule has 0 bridgehead atoms. The number of nitrogens with two attached hydrogens (primary N) is 1. The summed E-state index contributed by atoms with van der Waals surface area (Å²) in [5, 5.41) is 10.3. The molecule has 152 valence electrons. The Kier molecular flexibility index (Phi) is 6.36. The molecule has 3 N–H and O–H groups in total. The van der Waals surface area contributed by atoms with Gasteiger partial charge < -0.3 is 25.2 Å². The van der Waals surface area contributed by atoms with Crippen LogP contribution in [0.3, 0.4) is 0 Å². The number of halogens is 1. The zero-order valence-corrected chi connectivity index (χ0v) is 17.3. The topological polar surface area (TPSA) is 85.0 Å². The minimum atomic E-state index is -0.852. The van der Waals surface area contributed by atoms with Gasteiger partial charge in [-0.2, -0.15) is 0 Å². The van der Waals surface area contributed by atoms with E-state index in [4.69, 9.17) is 15.2 Å². The summed E-state index contributed by atoms with van der Waals surface area (Å²) in [5.74, 6) is 0.0325. The molecule has 26 heavy (non-hydrogen) atoms. The van der Waals surface area contributed by atoms with Gasteiger partial charge in [0.25, 0.3) is 0 Å². The van der Waals surface area contributed by atoms with Crippen molar-refractivity contribution in [2.75, 3.05) is 26.3 Å². The molecule has 4 atom stereocenters. The van der Waals surface area contributed by atoms with Crippen LogP contribution in [0.1, 0.15) is 53.4 Å². The summed E-state index contributed by atoms with van der Waals surface area (Å²) in [4.78, 5) is 15.0. The van der Waals surface area contributed by atoms with Crippen LogP contribution >= 0.6 is 12.4 Å². The van der Waals surface area contributed by atoms with Crippen LogP contribution in [0.2, 0.25) is 0 Å². The first-order chi connectivity index (χ1) is 11.7. The average Bonchev–Trinajstić information content (AvgIpc) is 2.60. The van der Waals surface area contributed by atoms with Crippen LogP contribution in [0.5, 0.6) is 0 Å². The number of aliphatic hydroxyl groups is 1. The molecule has 7 heteroatoms. The van der Waals surface area contributed by atoms with Gasteiger partial charge in [-0.1, -0.05) is 13.8 Å². The Balaban J connectivity index is 0.00000243. The average molecular weight is 391 g/mol. The van der Waals surface area contributed by atoms with Gasteiger partial charge in [0.1, 0.15) is 5.54 Å². The number of aliphatic hydroxyl groups excluding tert-OH is 1. The number of nitrogens with zero attached hydrogens (tertiary/aromatic N) is 1. The van der Waals surface area contributed by atoms with Gasteiger partial charge in [0, 0.05) is 50.0 Å². The maximum absolute atomic E-state index is 13.1. The van der Waals surface area contributed by atoms with E-state index >= 15 is 0 Å². The van der Waals surface area contributed by atoms with Crippen LogP contribution in [0.15, 0.2) is 0 Å². The highest BCUT2D eigenvalue weighted by atomic mass is 35.5. The molecule has 3 aliphatic rings. The first-order valence-electron chi connectivity index (χ1n) is 9.72. The number of likely N-dealkylation sites (tertiary alicyclic amines) is 1. The Morgan fingerprint density at radius 3 is 2.15 bits per heavy atom. The predicted molar refractivity (Wildman–Crippen MR) is 102 cm³/mol. The monoisotopic (exact) mass is 390 g/mol. The molecule has 4 unspecified atom stereocenters. The van der Waals surface area contributed by atoms with Crippen molar-refractivity contribution in [2.24, 2.45) is 16.6 Å². The summed E-state index contributed by atoms with van der Waals surface area (Å²) >= 11 is 0. The summed E-state index contributed by atoms with van der Waals surface area (Å²) in [5.41, 5.74) is 5.16. The van der Waals surface area contributed by atoms with Crippen molar-refractivity contribution in [3.8, 4) is 0 Å². The molecule has 1 amide bonds. The van der Waals surface area contributed by atoms with E-state index in [2.05, 4.69) is 0 Å². The number of piperidine rings is 1. The second-order valence-electron chi connectivity index (χ2n) is 8.56. The second kappa shape index (κ2) is 7.55. The highest BCUT2D eigenvalue weighted by Crippen LogP contribution is 2.53. The van der Waals surface area contributed by atoms with Gasteiger partial charge in [-0.25, -0.2) is 0 Å². The molecule has 2 aliphatic carbocycles. The highest BCUT2D eigenvalue weighted by Gasteiger charge is 2.64. The predicted octanol–water partition coefficient (Wildman–Crippen LogP) is 1.72. The fourth-order valence-corrected chi connectivity index (χ4v) is 5.02. The molecule has 0 aromatic rings. The summed E-state index contributed by atoms with van der Waals surface area (Å²) in [7, 11) is 0. The quantitative estimate of drug-likeness (QED) is 0.746. The Morgan fingerprint density at radius 1 is 1.15 bits per heavy atom. The normalized spacial score (nSPS) is 37.5. The Labute approximate surface area is 163 Å². The van der Waals surface area contributed by atoms with E-state index in [0.717, 1.165) is 12.8 Å². The van der Waals surface area contributed by atoms with Crippen LogP contribution in [-0.2, 0) is 14.3 Å². The largest absolute Gasteiger partial charge is 0.392 e. The lowest BCUT2D eigenvalue weighted by Crippen LogP contribution is -2.76. The van der Waals surface area contributed by atoms with E-state index in [1.807, 2.05) is 32.6 Å². The van der Waals surface area contributed by atoms with Gasteiger partial charge in [-0.05, 0) is 26.7 Å². The Bertz CT molecular complexity index is 520. The first kappa shape index (κ1) is 21.9. The maximum atomic E-state index is 13.1. The number of rotatable bonds is 5. The number of hydrogen-bond acceptors (Lipinski definition) is 5. The van der Waals surface area contributed by atoms with E-state index in [9.17, 15) is 9.90 Å². The standard InChI is InChI=1S/C19H34N2O4.ClH/c1-5-24-14-11-13(22)18(14)7-9-21(10-8-18)16(23)19(20)12-15(25-6-2)17(19,3)4;/h13-15,22H,5-12,20H2,1-4H3;1H. The first-order valence-corrected chi connectivity index (χ1v) is 9.72. The summed E-state index contributed by atoms with van der Waals surface area (Å²) in [6, 6.07) is 0. The van der Waals surface area contributed by atoms with Crippen molar-refractivity contribution in [3.63, 3.8) is 0 Å². The number of hydrogen-bond donors (Lipinski definition) is 2. The lowest BCUT2D eigenvalue weighted by Gasteiger charge is -2.60. The van der Waals surface area contributed by atoms with Crippen molar-refractivity contribution in [2.45, 2.75) is 77.2 Å². The fourth-order valence-electron chi connectivity index (χ4n) is 5.02. The molecule has 3 rings (SSSR count). The molecule has 1 saturated heterocycles. The van der Waals surface area contributed by atoms with Crippen LogP contribution < -0.4 is 5.73 Å². The number of ether oxygens (including phenoxy) is 2. The summed E-state index contributed by atoms with van der Waals surface area (Å²) in [6.45, 7) is 10.6. The molecule has 6 nitrogen and oxygen atoms in total. The molecule has 0 aromatic carbocycles. The van der Waals surface area contributed by atoms with E-state index in [1.165, 1.54) is 0 Å². The minimum absolute atomic E-state index is 0. The Hall–Kier alpha value is -0.400. The van der Waals surface area contributed by atoms with Crippen molar-refractivity contribution < 1.29 is 19.4 Å². The smallest absolute Gasteiger partial charge is 0.243 e. The fraction of sp³-hybridized carbons (Fsp3) is 0.947. The molecular weight excluding hydrogens is 356 g/mol. The minimum Gasteiger partial charge on any atom is -0.392 e. The van der Waals surface area contributed by atoms with Crippen LogP contribution in [-0.4, -0.2) is 66.1 Å². The van der Waals surface area contributed by atoms with Crippen LogP contribution in [0.25, 0.3) is 0 Å². The second-order valence-corrected chi connectivity index (χ2v) is 8.56. The van der Waals surface area contributed by atoms with Gasteiger partial charge in [-0.3, -0.25) is 4.79 Å². The molecule has 0 aromatic heterocycles. The SMILES string of the molecule is CCOC1CC(O)C12CCN(C(=O)C1(N)CC(OCC)C1(C)C)CC2.Cl. The van der Waals surface area contributed by atoms with Crippen molar-refractivity contribution in [1.29, 1.82) is 0 Å². The van der Waals surface area contributed by atoms with E-state index < -0.39 is 5.54 Å². The Morgan fingerprint density at radius 2 is 1.69 bits per heavy atom. The third-order valence-electron chi connectivity index (χ3n) is 7.30. The van der Waals surface area contributed by atoms with Gasteiger partial charge in [-0.15, -0.1) is 12.4 Å². The zero-order valence-electron chi connectivity index (χ0n) is 16.5. The van der Waals surface area contributed by atoms with Gasteiger partial charge >= 0.3 is 0 Å².